The molecule has 1 rings (SSSR count). The van der Waals surface area contributed by atoms with Crippen molar-refractivity contribution in [3.05, 3.63) is 22.4 Å². The number of rotatable bonds is 5. The van der Waals surface area contributed by atoms with E-state index in [1.165, 1.54) is 23.3 Å². The van der Waals surface area contributed by atoms with Crippen molar-refractivity contribution in [1.29, 1.82) is 5.26 Å². The lowest BCUT2D eigenvalue weighted by atomic mass is 10.2. The van der Waals surface area contributed by atoms with E-state index >= 15 is 0 Å². The number of carbonyl (C=O) groups is 2. The van der Waals surface area contributed by atoms with Crippen LogP contribution in [0.2, 0.25) is 0 Å². The Balaban J connectivity index is 2.68. The van der Waals surface area contributed by atoms with E-state index in [4.69, 9.17) is 10.4 Å². The highest BCUT2D eigenvalue weighted by Crippen LogP contribution is 2.19. The van der Waals surface area contributed by atoms with Crippen molar-refractivity contribution >= 4 is 23.3 Å². The summed E-state index contributed by atoms with van der Waals surface area (Å²) in [4.78, 5) is 24.9. The highest BCUT2D eigenvalue weighted by molar-refractivity contribution is 7.10. The van der Waals surface area contributed by atoms with Gasteiger partial charge < -0.3 is 15.3 Å². The Labute approximate surface area is 115 Å². The first-order chi connectivity index (χ1) is 8.95. The molecule has 2 unspecified atom stereocenters. The number of hydrogen-bond acceptors (Lipinski definition) is 4. The van der Waals surface area contributed by atoms with Crippen LogP contribution in [-0.2, 0) is 4.79 Å². The van der Waals surface area contributed by atoms with E-state index < -0.39 is 18.0 Å². The van der Waals surface area contributed by atoms with Crippen molar-refractivity contribution < 1.29 is 14.7 Å². The summed E-state index contributed by atoms with van der Waals surface area (Å²) in [5.74, 6) is -1.42. The Bertz CT molecular complexity index is 481. The average molecular weight is 281 g/mol. The summed E-state index contributed by atoms with van der Waals surface area (Å²) in [6.07, 6.45) is 0. The first-order valence-electron chi connectivity index (χ1n) is 5.63. The van der Waals surface area contributed by atoms with Gasteiger partial charge in [0.15, 0.2) is 6.04 Å². The maximum absolute atomic E-state index is 11.9. The Morgan fingerprint density at radius 3 is 2.79 bits per heavy atom. The van der Waals surface area contributed by atoms with E-state index in [2.05, 4.69) is 5.32 Å². The molecular formula is C12H15N3O3S. The van der Waals surface area contributed by atoms with Crippen LogP contribution in [0.1, 0.15) is 17.8 Å². The Hall–Kier alpha value is -2.07. The number of carboxylic acid groups (broad SMARTS) is 1. The molecule has 19 heavy (non-hydrogen) atoms. The van der Waals surface area contributed by atoms with E-state index in [1.807, 2.05) is 6.07 Å². The fraction of sp³-hybridized carbons (Fsp3) is 0.417. The average Bonchev–Trinajstić information content (AvgIpc) is 2.88. The fourth-order valence-electron chi connectivity index (χ4n) is 1.48. The minimum Gasteiger partial charge on any atom is -0.479 e. The largest absolute Gasteiger partial charge is 0.479 e. The minimum absolute atomic E-state index is 0.249. The lowest BCUT2D eigenvalue weighted by molar-refractivity contribution is -0.139. The lowest BCUT2D eigenvalue weighted by Gasteiger charge is -2.21. The van der Waals surface area contributed by atoms with Crippen LogP contribution in [0.3, 0.4) is 0 Å². The maximum atomic E-state index is 11.9. The second-order valence-corrected chi connectivity index (χ2v) is 5.13. The van der Waals surface area contributed by atoms with Gasteiger partial charge in [0.2, 0.25) is 0 Å². The SMILES string of the molecule is CC(C#N)CN(C)C(=O)NC(C(=O)O)c1cccs1. The summed E-state index contributed by atoms with van der Waals surface area (Å²) in [5.41, 5.74) is 0. The van der Waals surface area contributed by atoms with Gasteiger partial charge in [-0.15, -0.1) is 11.3 Å². The number of thiophene rings is 1. The molecule has 2 atom stereocenters. The molecule has 7 heteroatoms. The zero-order chi connectivity index (χ0) is 14.4. The van der Waals surface area contributed by atoms with Crippen LogP contribution < -0.4 is 5.32 Å². The molecule has 1 heterocycles. The van der Waals surface area contributed by atoms with Gasteiger partial charge in [-0.2, -0.15) is 5.26 Å². The predicted octanol–water partition coefficient (Wildman–Crippen LogP) is 1.67. The second kappa shape index (κ2) is 6.75. The van der Waals surface area contributed by atoms with Crippen LogP contribution in [-0.4, -0.2) is 35.6 Å². The zero-order valence-corrected chi connectivity index (χ0v) is 11.5. The van der Waals surface area contributed by atoms with Crippen molar-refractivity contribution in [3.63, 3.8) is 0 Å². The normalized spacial score (nSPS) is 13.1. The molecule has 102 valence electrons. The molecule has 0 aliphatic carbocycles. The molecule has 0 aromatic carbocycles. The third-order valence-electron chi connectivity index (χ3n) is 2.46. The topological polar surface area (TPSA) is 93.4 Å². The van der Waals surface area contributed by atoms with E-state index in [0.29, 0.717) is 4.88 Å². The number of urea groups is 1. The van der Waals surface area contributed by atoms with E-state index in [9.17, 15) is 9.59 Å². The standard InChI is InChI=1S/C12H15N3O3S/c1-8(6-13)7-15(2)12(18)14-10(11(16)17)9-4-3-5-19-9/h3-5,8,10H,7H2,1-2H3,(H,14,18)(H,16,17). The van der Waals surface area contributed by atoms with E-state index in [0.717, 1.165) is 0 Å². The lowest BCUT2D eigenvalue weighted by Crippen LogP contribution is -2.43. The van der Waals surface area contributed by atoms with Gasteiger partial charge in [-0.25, -0.2) is 9.59 Å². The highest BCUT2D eigenvalue weighted by atomic mass is 32.1. The van der Waals surface area contributed by atoms with Crippen LogP contribution in [0.4, 0.5) is 4.79 Å². The van der Waals surface area contributed by atoms with Crippen molar-refractivity contribution in [2.45, 2.75) is 13.0 Å². The van der Waals surface area contributed by atoms with Crippen LogP contribution in [0, 0.1) is 17.2 Å². The molecule has 2 amide bonds. The Morgan fingerprint density at radius 2 is 2.32 bits per heavy atom. The summed E-state index contributed by atoms with van der Waals surface area (Å²) in [6.45, 7) is 1.94. The summed E-state index contributed by atoms with van der Waals surface area (Å²) in [6, 6.07) is 3.82. The van der Waals surface area contributed by atoms with Gasteiger partial charge >= 0.3 is 12.0 Å². The van der Waals surface area contributed by atoms with E-state index in [1.54, 1.807) is 24.4 Å². The quantitative estimate of drug-likeness (QED) is 0.858. The first-order valence-corrected chi connectivity index (χ1v) is 6.51. The van der Waals surface area contributed by atoms with Crippen LogP contribution in [0.15, 0.2) is 17.5 Å². The minimum atomic E-state index is -1.11. The smallest absolute Gasteiger partial charge is 0.331 e. The number of carbonyl (C=O) groups excluding carboxylic acids is 1. The number of nitrogens with zero attached hydrogens (tertiary/aromatic N) is 2. The second-order valence-electron chi connectivity index (χ2n) is 4.15. The summed E-state index contributed by atoms with van der Waals surface area (Å²) in [5, 5.41) is 22.0. The molecule has 2 N–H and O–H groups in total. The van der Waals surface area contributed by atoms with Gasteiger partial charge in [0, 0.05) is 18.5 Å². The molecule has 0 spiro atoms. The monoisotopic (exact) mass is 281 g/mol. The van der Waals surface area contributed by atoms with Crippen molar-refractivity contribution in [2.24, 2.45) is 5.92 Å². The molecule has 0 aliphatic heterocycles. The Kier molecular flexibility index (Phi) is 5.33. The number of hydrogen-bond donors (Lipinski definition) is 2. The fourth-order valence-corrected chi connectivity index (χ4v) is 2.25. The van der Waals surface area contributed by atoms with Crippen LogP contribution in [0.5, 0.6) is 0 Å². The van der Waals surface area contributed by atoms with Crippen molar-refractivity contribution in [1.82, 2.24) is 10.2 Å². The maximum Gasteiger partial charge on any atom is 0.331 e. The third-order valence-corrected chi connectivity index (χ3v) is 3.39. The molecule has 6 nitrogen and oxygen atoms in total. The molecule has 0 fully saturated rings. The number of carboxylic acids is 1. The van der Waals surface area contributed by atoms with Crippen molar-refractivity contribution in [3.8, 4) is 6.07 Å². The van der Waals surface area contributed by atoms with Crippen LogP contribution >= 0.6 is 11.3 Å². The Morgan fingerprint density at radius 1 is 1.63 bits per heavy atom. The van der Waals surface area contributed by atoms with Crippen molar-refractivity contribution in [2.75, 3.05) is 13.6 Å². The molecule has 0 saturated carbocycles. The van der Waals surface area contributed by atoms with Crippen LogP contribution in [0.25, 0.3) is 0 Å². The number of nitrogens with one attached hydrogen (secondary N) is 1. The van der Waals surface area contributed by atoms with E-state index in [-0.39, 0.29) is 12.5 Å². The van der Waals surface area contributed by atoms with Gasteiger partial charge in [-0.1, -0.05) is 6.07 Å². The third kappa shape index (κ3) is 4.26. The predicted molar refractivity (Wildman–Crippen MR) is 70.6 cm³/mol. The summed E-state index contributed by atoms with van der Waals surface area (Å²) < 4.78 is 0. The molecule has 0 aliphatic rings. The van der Waals surface area contributed by atoms with Gasteiger partial charge in [-0.05, 0) is 18.4 Å². The molecule has 0 saturated heterocycles. The van der Waals surface area contributed by atoms with Gasteiger partial charge in [-0.3, -0.25) is 0 Å². The molecule has 0 radical (unpaired) electrons. The summed E-state index contributed by atoms with van der Waals surface area (Å²) >= 11 is 1.27. The van der Waals surface area contributed by atoms with Gasteiger partial charge in [0.05, 0.1) is 12.0 Å². The molecule has 1 aromatic heterocycles. The number of aliphatic carboxylic acids is 1. The zero-order valence-electron chi connectivity index (χ0n) is 10.7. The highest BCUT2D eigenvalue weighted by Gasteiger charge is 2.24. The number of amides is 2. The molecule has 1 aromatic rings. The molecule has 0 bridgehead atoms. The number of nitriles is 1. The summed E-state index contributed by atoms with van der Waals surface area (Å²) in [7, 11) is 1.52. The van der Waals surface area contributed by atoms with Gasteiger partial charge in [0.25, 0.3) is 0 Å². The first kappa shape index (κ1) is 15.0. The molecular weight excluding hydrogens is 266 g/mol. The van der Waals surface area contributed by atoms with Gasteiger partial charge in [0.1, 0.15) is 0 Å².